The lowest BCUT2D eigenvalue weighted by Crippen LogP contribution is -2.29. The molecule has 130 valence electrons. The van der Waals surface area contributed by atoms with Crippen molar-refractivity contribution in [3.63, 3.8) is 0 Å². The average molecular weight is 356 g/mol. The fourth-order valence-electron chi connectivity index (χ4n) is 3.54. The summed E-state index contributed by atoms with van der Waals surface area (Å²) < 4.78 is 0. The van der Waals surface area contributed by atoms with Gasteiger partial charge in [0.15, 0.2) is 0 Å². The highest BCUT2D eigenvalue weighted by molar-refractivity contribution is 5.85. The lowest BCUT2D eigenvalue weighted by atomic mass is 9.88. The first kappa shape index (κ1) is 17.6. The zero-order valence-corrected chi connectivity index (χ0v) is 15.1. The van der Waals surface area contributed by atoms with Gasteiger partial charge < -0.3 is 9.88 Å². The topological polar surface area (TPSA) is 49.0 Å². The van der Waals surface area contributed by atoms with Gasteiger partial charge in [-0.1, -0.05) is 30.3 Å². The van der Waals surface area contributed by atoms with Crippen LogP contribution in [0.25, 0.3) is 22.0 Å². The number of nitrogens with zero attached hydrogens (tertiary/aromatic N) is 2. The maximum atomic E-state index is 11.9. The van der Waals surface area contributed by atoms with Crippen LogP contribution in [0.3, 0.4) is 0 Å². The third kappa shape index (κ3) is 3.60. The summed E-state index contributed by atoms with van der Waals surface area (Å²) >= 11 is 0. The van der Waals surface area contributed by atoms with Gasteiger partial charge in [-0.15, -0.1) is 12.4 Å². The first-order chi connectivity index (χ1) is 11.7. The number of benzene rings is 2. The van der Waals surface area contributed by atoms with Crippen molar-refractivity contribution in [3.05, 3.63) is 64.7 Å². The van der Waals surface area contributed by atoms with Crippen LogP contribution >= 0.6 is 12.4 Å². The number of halogens is 1. The van der Waals surface area contributed by atoms with Gasteiger partial charge in [-0.3, -0.25) is 4.79 Å². The predicted octanol–water partition coefficient (Wildman–Crippen LogP) is 3.82. The first-order valence-corrected chi connectivity index (χ1v) is 8.47. The molecule has 2 aromatic carbocycles. The van der Waals surface area contributed by atoms with Crippen molar-refractivity contribution in [2.75, 3.05) is 20.1 Å². The van der Waals surface area contributed by atoms with Gasteiger partial charge in [-0.25, -0.2) is 4.98 Å². The van der Waals surface area contributed by atoms with Crippen LogP contribution in [0, 0.1) is 0 Å². The summed E-state index contributed by atoms with van der Waals surface area (Å²) in [4.78, 5) is 21.2. The first-order valence-electron chi connectivity index (χ1n) is 8.47. The molecule has 1 aliphatic rings. The minimum absolute atomic E-state index is 0. The van der Waals surface area contributed by atoms with Crippen LogP contribution in [0.15, 0.2) is 53.6 Å². The van der Waals surface area contributed by atoms with Crippen LogP contribution in [-0.2, 0) is 0 Å². The van der Waals surface area contributed by atoms with Crippen LogP contribution in [0.5, 0.6) is 0 Å². The summed E-state index contributed by atoms with van der Waals surface area (Å²) in [6.07, 6.45) is 3.90. The van der Waals surface area contributed by atoms with Crippen molar-refractivity contribution in [2.24, 2.45) is 0 Å². The van der Waals surface area contributed by atoms with Crippen molar-refractivity contribution in [1.82, 2.24) is 14.9 Å². The van der Waals surface area contributed by atoms with E-state index in [2.05, 4.69) is 46.2 Å². The van der Waals surface area contributed by atoms with Crippen molar-refractivity contribution in [3.8, 4) is 11.1 Å². The van der Waals surface area contributed by atoms with Gasteiger partial charge in [0, 0.05) is 0 Å². The van der Waals surface area contributed by atoms with E-state index in [0.717, 1.165) is 16.6 Å². The minimum Gasteiger partial charge on any atom is -0.313 e. The Bertz CT molecular complexity index is 912. The molecule has 0 amide bonds. The summed E-state index contributed by atoms with van der Waals surface area (Å²) in [6, 6.07) is 14.7. The van der Waals surface area contributed by atoms with E-state index in [1.165, 1.54) is 37.8 Å². The van der Waals surface area contributed by atoms with Gasteiger partial charge in [-0.05, 0) is 67.7 Å². The normalized spacial score (nSPS) is 15.9. The highest BCUT2D eigenvalue weighted by atomic mass is 35.5. The van der Waals surface area contributed by atoms with Crippen molar-refractivity contribution in [2.45, 2.75) is 18.8 Å². The van der Waals surface area contributed by atoms with Gasteiger partial charge in [0.25, 0.3) is 5.56 Å². The second-order valence-electron chi connectivity index (χ2n) is 6.66. The quantitative estimate of drug-likeness (QED) is 0.760. The molecule has 0 spiro atoms. The Morgan fingerprint density at radius 3 is 2.44 bits per heavy atom. The van der Waals surface area contributed by atoms with Crippen LogP contribution in [0.2, 0.25) is 0 Å². The molecular weight excluding hydrogens is 334 g/mol. The van der Waals surface area contributed by atoms with Gasteiger partial charge in [-0.2, -0.15) is 0 Å². The van der Waals surface area contributed by atoms with E-state index < -0.39 is 0 Å². The summed E-state index contributed by atoms with van der Waals surface area (Å²) in [5.41, 5.74) is 4.25. The molecule has 0 aliphatic carbocycles. The number of aromatic nitrogens is 2. The number of likely N-dealkylation sites (tertiary alicyclic amines) is 1. The molecule has 1 aromatic heterocycles. The summed E-state index contributed by atoms with van der Waals surface area (Å²) in [6.45, 7) is 2.35. The molecule has 1 N–H and O–H groups in total. The number of H-pyrrole nitrogens is 1. The molecule has 4 rings (SSSR count). The van der Waals surface area contributed by atoms with Gasteiger partial charge >= 0.3 is 0 Å². The zero-order valence-electron chi connectivity index (χ0n) is 14.2. The van der Waals surface area contributed by atoms with Gasteiger partial charge in [0.05, 0.1) is 17.2 Å². The molecule has 1 fully saturated rings. The van der Waals surface area contributed by atoms with Crippen molar-refractivity contribution >= 4 is 23.3 Å². The Morgan fingerprint density at radius 1 is 1.04 bits per heavy atom. The monoisotopic (exact) mass is 355 g/mol. The molecule has 2 heterocycles. The number of nitrogens with one attached hydrogen (secondary N) is 1. The molecule has 0 unspecified atom stereocenters. The van der Waals surface area contributed by atoms with E-state index in [1.54, 1.807) is 0 Å². The van der Waals surface area contributed by atoms with E-state index in [9.17, 15) is 4.79 Å². The Morgan fingerprint density at radius 2 is 1.72 bits per heavy atom. The van der Waals surface area contributed by atoms with Crippen LogP contribution in [-0.4, -0.2) is 35.0 Å². The highest BCUT2D eigenvalue weighted by Crippen LogP contribution is 2.30. The van der Waals surface area contributed by atoms with E-state index in [-0.39, 0.29) is 18.0 Å². The summed E-state index contributed by atoms with van der Waals surface area (Å²) in [5.74, 6) is 0.666. The van der Waals surface area contributed by atoms with E-state index in [1.807, 2.05) is 18.2 Å². The Kier molecular flexibility index (Phi) is 5.21. The van der Waals surface area contributed by atoms with Crippen molar-refractivity contribution < 1.29 is 0 Å². The Labute approximate surface area is 153 Å². The molecule has 25 heavy (non-hydrogen) atoms. The van der Waals surface area contributed by atoms with Gasteiger partial charge in [0.1, 0.15) is 0 Å². The fourth-order valence-corrected chi connectivity index (χ4v) is 3.54. The fraction of sp³-hybridized carbons (Fsp3) is 0.300. The Hall–Kier alpha value is -2.17. The van der Waals surface area contributed by atoms with Crippen LogP contribution < -0.4 is 5.56 Å². The highest BCUT2D eigenvalue weighted by Gasteiger charge is 2.18. The van der Waals surface area contributed by atoms with Crippen LogP contribution in [0.1, 0.15) is 24.3 Å². The molecule has 1 saturated heterocycles. The number of rotatable bonds is 2. The number of aromatic amines is 1. The predicted molar refractivity (Wildman–Crippen MR) is 105 cm³/mol. The maximum Gasteiger partial charge on any atom is 0.258 e. The largest absolute Gasteiger partial charge is 0.313 e. The second kappa shape index (κ2) is 7.38. The maximum absolute atomic E-state index is 11.9. The molecule has 4 nitrogen and oxygen atoms in total. The third-order valence-electron chi connectivity index (χ3n) is 5.07. The number of fused-ring (bicyclic) bond motifs is 1. The molecule has 0 atom stereocenters. The van der Waals surface area contributed by atoms with E-state index >= 15 is 0 Å². The summed E-state index contributed by atoms with van der Waals surface area (Å²) in [5, 5.41) is 0.634. The number of hydrogen-bond donors (Lipinski definition) is 1. The molecule has 0 bridgehead atoms. The van der Waals surface area contributed by atoms with Gasteiger partial charge in [0.2, 0.25) is 0 Å². The van der Waals surface area contributed by atoms with Crippen LogP contribution in [0.4, 0.5) is 0 Å². The van der Waals surface area contributed by atoms with E-state index in [4.69, 9.17) is 0 Å². The SMILES string of the molecule is CN1CCC(c2ccc(-c3ccc4nc[nH]c(=O)c4c3)cc2)CC1.Cl. The molecule has 0 saturated carbocycles. The number of piperidine rings is 1. The number of hydrogen-bond acceptors (Lipinski definition) is 3. The smallest absolute Gasteiger partial charge is 0.258 e. The lowest BCUT2D eigenvalue weighted by molar-refractivity contribution is 0.255. The standard InChI is InChI=1S/C20H21N3O.ClH/c1-23-10-8-16(9-11-23)14-2-4-15(5-3-14)17-6-7-19-18(12-17)20(24)22-13-21-19;/h2-7,12-13,16H,8-11H2,1H3,(H,21,22,24);1H. The molecule has 1 aliphatic heterocycles. The third-order valence-corrected chi connectivity index (χ3v) is 5.07. The Balaban J connectivity index is 0.00000182. The zero-order chi connectivity index (χ0) is 16.5. The average Bonchev–Trinajstić information content (AvgIpc) is 2.63. The van der Waals surface area contributed by atoms with Crippen molar-refractivity contribution in [1.29, 1.82) is 0 Å². The second-order valence-corrected chi connectivity index (χ2v) is 6.66. The molecule has 0 radical (unpaired) electrons. The molecular formula is C20H22ClN3O. The van der Waals surface area contributed by atoms with E-state index in [0.29, 0.717) is 11.3 Å². The molecule has 3 aromatic rings. The molecule has 5 heteroatoms. The lowest BCUT2D eigenvalue weighted by Gasteiger charge is -2.29. The minimum atomic E-state index is -0.0928. The summed E-state index contributed by atoms with van der Waals surface area (Å²) in [7, 11) is 2.19.